The zero-order chi connectivity index (χ0) is 21.6. The molecular formula is C19H20N2O7S. The van der Waals surface area contributed by atoms with Gasteiger partial charge < -0.3 is 10.1 Å². The molecule has 0 saturated heterocycles. The van der Waals surface area contributed by atoms with E-state index in [2.05, 4.69) is 5.32 Å². The van der Waals surface area contributed by atoms with Crippen molar-refractivity contribution in [2.75, 3.05) is 17.7 Å². The number of hydrogen-bond acceptors (Lipinski definition) is 7. The zero-order valence-electron chi connectivity index (χ0n) is 15.9. The van der Waals surface area contributed by atoms with E-state index in [-0.39, 0.29) is 16.3 Å². The number of amides is 1. The van der Waals surface area contributed by atoms with Crippen molar-refractivity contribution in [3.8, 4) is 0 Å². The number of nitro benzene ring substituents is 1. The zero-order valence-corrected chi connectivity index (χ0v) is 16.7. The molecular weight excluding hydrogens is 400 g/mol. The van der Waals surface area contributed by atoms with Crippen molar-refractivity contribution in [3.05, 3.63) is 63.7 Å². The highest BCUT2D eigenvalue weighted by Crippen LogP contribution is 2.27. The smallest absolute Gasteiger partial charge is 0.307 e. The lowest BCUT2D eigenvalue weighted by Gasteiger charge is -2.09. The van der Waals surface area contributed by atoms with E-state index in [1.54, 1.807) is 25.1 Å². The van der Waals surface area contributed by atoms with Crippen LogP contribution in [0.4, 0.5) is 11.4 Å². The molecule has 10 heteroatoms. The first-order valence-corrected chi connectivity index (χ1v) is 10.2. The third kappa shape index (κ3) is 6.11. The average Bonchev–Trinajstić information content (AvgIpc) is 2.66. The van der Waals surface area contributed by atoms with E-state index in [0.717, 1.165) is 5.56 Å². The Morgan fingerprint density at radius 2 is 1.76 bits per heavy atom. The van der Waals surface area contributed by atoms with Gasteiger partial charge in [-0.15, -0.1) is 0 Å². The van der Waals surface area contributed by atoms with E-state index < -0.39 is 45.4 Å². The standard InChI is InChI=1S/C19H20N2O7S/c1-13-6-8-15(9-7-13)29(26,27)11-10-18(23)28-12-17(22)20-19-14(2)4-3-5-16(19)21(24)25/h3-9H,10-12H2,1-2H3,(H,20,22). The Hall–Kier alpha value is -3.27. The molecule has 154 valence electrons. The molecule has 0 spiro atoms. The number of aryl methyl sites for hydroxylation is 2. The Balaban J connectivity index is 1.89. The summed E-state index contributed by atoms with van der Waals surface area (Å²) in [6.45, 7) is 2.73. The molecule has 29 heavy (non-hydrogen) atoms. The number of nitrogens with zero attached hydrogens (tertiary/aromatic N) is 1. The van der Waals surface area contributed by atoms with Crippen LogP contribution in [0.25, 0.3) is 0 Å². The molecule has 0 aliphatic carbocycles. The highest BCUT2D eigenvalue weighted by Gasteiger charge is 2.20. The topological polar surface area (TPSA) is 133 Å². The number of ether oxygens (including phenoxy) is 1. The number of nitrogens with one attached hydrogen (secondary N) is 1. The Morgan fingerprint density at radius 3 is 2.38 bits per heavy atom. The Bertz CT molecular complexity index is 1030. The molecule has 2 aromatic rings. The van der Waals surface area contributed by atoms with Crippen LogP contribution in [-0.2, 0) is 24.2 Å². The first kappa shape index (κ1) is 22.0. The van der Waals surface area contributed by atoms with Crippen LogP contribution in [0, 0.1) is 24.0 Å². The maximum Gasteiger partial charge on any atom is 0.307 e. The average molecular weight is 420 g/mol. The Kier molecular flexibility index (Phi) is 7.05. The summed E-state index contributed by atoms with van der Waals surface area (Å²) in [5, 5.41) is 13.4. The number of esters is 1. The summed E-state index contributed by atoms with van der Waals surface area (Å²) in [6, 6.07) is 10.5. The summed E-state index contributed by atoms with van der Waals surface area (Å²) in [5.74, 6) is -2.09. The second-order valence-corrected chi connectivity index (χ2v) is 8.43. The molecule has 0 unspecified atom stereocenters. The van der Waals surface area contributed by atoms with E-state index in [9.17, 15) is 28.1 Å². The minimum absolute atomic E-state index is 0.0143. The molecule has 0 radical (unpaired) electrons. The molecule has 0 fully saturated rings. The summed E-state index contributed by atoms with van der Waals surface area (Å²) < 4.78 is 29.2. The summed E-state index contributed by atoms with van der Waals surface area (Å²) >= 11 is 0. The fourth-order valence-electron chi connectivity index (χ4n) is 2.44. The molecule has 0 aromatic heterocycles. The fourth-order valence-corrected chi connectivity index (χ4v) is 3.66. The van der Waals surface area contributed by atoms with Crippen LogP contribution in [0.5, 0.6) is 0 Å². The molecule has 1 N–H and O–H groups in total. The van der Waals surface area contributed by atoms with Gasteiger partial charge in [0.15, 0.2) is 16.4 Å². The van der Waals surface area contributed by atoms with Crippen molar-refractivity contribution in [1.82, 2.24) is 0 Å². The van der Waals surface area contributed by atoms with Gasteiger partial charge in [0.05, 0.1) is 22.0 Å². The first-order valence-electron chi connectivity index (χ1n) is 8.59. The summed E-state index contributed by atoms with van der Waals surface area (Å²) in [4.78, 5) is 34.3. The molecule has 2 rings (SSSR count). The van der Waals surface area contributed by atoms with Gasteiger partial charge in [-0.25, -0.2) is 8.42 Å². The van der Waals surface area contributed by atoms with E-state index in [1.807, 2.05) is 6.92 Å². The predicted molar refractivity (Wildman–Crippen MR) is 105 cm³/mol. The highest BCUT2D eigenvalue weighted by molar-refractivity contribution is 7.91. The lowest BCUT2D eigenvalue weighted by atomic mass is 10.1. The van der Waals surface area contributed by atoms with E-state index in [0.29, 0.717) is 5.56 Å². The van der Waals surface area contributed by atoms with Crippen molar-refractivity contribution >= 4 is 33.1 Å². The molecule has 0 aliphatic heterocycles. The number of nitro groups is 1. The van der Waals surface area contributed by atoms with E-state index >= 15 is 0 Å². The Labute approximate surface area is 167 Å². The van der Waals surface area contributed by atoms with Gasteiger partial charge in [-0.1, -0.05) is 29.8 Å². The van der Waals surface area contributed by atoms with Crippen LogP contribution in [0.1, 0.15) is 17.5 Å². The number of carbonyl (C=O) groups excluding carboxylic acids is 2. The third-order valence-electron chi connectivity index (χ3n) is 4.03. The predicted octanol–water partition coefficient (Wildman–Crippen LogP) is 2.56. The highest BCUT2D eigenvalue weighted by atomic mass is 32.2. The van der Waals surface area contributed by atoms with Gasteiger partial charge in [-0.3, -0.25) is 19.7 Å². The third-order valence-corrected chi connectivity index (χ3v) is 5.76. The van der Waals surface area contributed by atoms with Crippen LogP contribution in [-0.4, -0.2) is 37.6 Å². The minimum atomic E-state index is -3.66. The molecule has 0 heterocycles. The largest absolute Gasteiger partial charge is 0.456 e. The van der Waals surface area contributed by atoms with Crippen LogP contribution in [0.3, 0.4) is 0 Å². The summed E-state index contributed by atoms with van der Waals surface area (Å²) in [7, 11) is -3.66. The summed E-state index contributed by atoms with van der Waals surface area (Å²) in [5.41, 5.74) is 1.11. The molecule has 0 atom stereocenters. The normalized spacial score (nSPS) is 11.0. The maximum absolute atomic E-state index is 12.2. The van der Waals surface area contributed by atoms with Crippen molar-refractivity contribution in [3.63, 3.8) is 0 Å². The van der Waals surface area contributed by atoms with Gasteiger partial charge in [-0.05, 0) is 31.5 Å². The van der Waals surface area contributed by atoms with Crippen LogP contribution in [0.2, 0.25) is 0 Å². The number of rotatable bonds is 8. The SMILES string of the molecule is Cc1ccc(S(=O)(=O)CCC(=O)OCC(=O)Nc2c(C)cccc2[N+](=O)[O-])cc1. The summed E-state index contributed by atoms with van der Waals surface area (Å²) in [6.07, 6.45) is -0.423. The first-order chi connectivity index (χ1) is 13.6. The quantitative estimate of drug-likeness (QED) is 0.394. The number of anilines is 1. The molecule has 9 nitrogen and oxygen atoms in total. The second kappa shape index (κ2) is 9.28. The van der Waals surface area contributed by atoms with Crippen molar-refractivity contribution in [1.29, 1.82) is 0 Å². The molecule has 0 aliphatic rings. The number of sulfone groups is 1. The van der Waals surface area contributed by atoms with E-state index in [1.165, 1.54) is 24.3 Å². The van der Waals surface area contributed by atoms with Gasteiger partial charge in [0, 0.05) is 6.07 Å². The van der Waals surface area contributed by atoms with Gasteiger partial charge in [-0.2, -0.15) is 0 Å². The second-order valence-electron chi connectivity index (χ2n) is 6.32. The van der Waals surface area contributed by atoms with Crippen molar-refractivity contribution < 1.29 is 27.7 Å². The number of hydrogen-bond donors (Lipinski definition) is 1. The number of carbonyl (C=O) groups is 2. The van der Waals surface area contributed by atoms with Crippen LogP contribution >= 0.6 is 0 Å². The molecule has 0 bridgehead atoms. The van der Waals surface area contributed by atoms with E-state index in [4.69, 9.17) is 4.74 Å². The van der Waals surface area contributed by atoms with Gasteiger partial charge in [0.1, 0.15) is 5.69 Å². The molecule has 2 aromatic carbocycles. The monoisotopic (exact) mass is 420 g/mol. The van der Waals surface area contributed by atoms with Gasteiger partial charge in [0.2, 0.25) is 0 Å². The lowest BCUT2D eigenvalue weighted by Crippen LogP contribution is -2.23. The van der Waals surface area contributed by atoms with Crippen LogP contribution in [0.15, 0.2) is 47.4 Å². The maximum atomic E-state index is 12.2. The number of benzene rings is 2. The lowest BCUT2D eigenvalue weighted by molar-refractivity contribution is -0.384. The van der Waals surface area contributed by atoms with Gasteiger partial charge in [0.25, 0.3) is 11.6 Å². The fraction of sp³-hybridized carbons (Fsp3) is 0.263. The minimum Gasteiger partial charge on any atom is -0.456 e. The van der Waals surface area contributed by atoms with Gasteiger partial charge >= 0.3 is 5.97 Å². The number of para-hydroxylation sites is 1. The Morgan fingerprint density at radius 1 is 1.10 bits per heavy atom. The molecule has 1 amide bonds. The van der Waals surface area contributed by atoms with Crippen LogP contribution < -0.4 is 5.32 Å². The molecule has 0 saturated carbocycles. The van der Waals surface area contributed by atoms with Crippen molar-refractivity contribution in [2.24, 2.45) is 0 Å². The van der Waals surface area contributed by atoms with Crippen molar-refractivity contribution in [2.45, 2.75) is 25.2 Å².